The largest absolute Gasteiger partial charge is 0.0651 e. The summed E-state index contributed by atoms with van der Waals surface area (Å²) in [7, 11) is 0.209. The van der Waals surface area contributed by atoms with Crippen LogP contribution in [-0.2, 0) is 6.42 Å². The van der Waals surface area contributed by atoms with Crippen LogP contribution in [0.5, 0.6) is 0 Å². The zero-order chi connectivity index (χ0) is 10.2. The highest BCUT2D eigenvalue weighted by atomic mass is 28.2. The lowest BCUT2D eigenvalue weighted by Gasteiger charge is -2.06. The van der Waals surface area contributed by atoms with Crippen molar-refractivity contribution in [2.45, 2.75) is 38.8 Å². The second kappa shape index (κ2) is 6.83. The van der Waals surface area contributed by atoms with Crippen molar-refractivity contribution >= 4 is 9.52 Å². The van der Waals surface area contributed by atoms with E-state index in [2.05, 4.69) is 44.2 Å². The standard InChI is InChI=1S/C13H22Si/c1-3-12(2)11-14-10-9-13-7-5-4-6-8-13/h4-8,12H,3,9-11,14H2,1-2H3/t12-/m0/s1. The molecule has 1 aromatic rings. The van der Waals surface area contributed by atoms with Crippen LogP contribution in [0.15, 0.2) is 30.3 Å². The normalized spacial score (nSPS) is 13.6. The molecule has 0 aromatic heterocycles. The summed E-state index contributed by atoms with van der Waals surface area (Å²) in [6, 6.07) is 13.9. The highest BCUT2D eigenvalue weighted by molar-refractivity contribution is 6.35. The van der Waals surface area contributed by atoms with Crippen molar-refractivity contribution in [3.63, 3.8) is 0 Å². The lowest BCUT2D eigenvalue weighted by atomic mass is 10.2. The van der Waals surface area contributed by atoms with Gasteiger partial charge in [0.25, 0.3) is 0 Å². The fourth-order valence-corrected chi connectivity index (χ4v) is 3.72. The van der Waals surface area contributed by atoms with E-state index in [1.165, 1.54) is 30.5 Å². The highest BCUT2D eigenvalue weighted by Crippen LogP contribution is 2.09. The molecular weight excluding hydrogens is 184 g/mol. The van der Waals surface area contributed by atoms with E-state index < -0.39 is 0 Å². The molecule has 1 rings (SSSR count). The quantitative estimate of drug-likeness (QED) is 0.495. The summed E-state index contributed by atoms with van der Waals surface area (Å²) in [5, 5.41) is 0. The first-order valence-corrected chi connectivity index (χ1v) is 7.87. The molecule has 0 nitrogen and oxygen atoms in total. The maximum atomic E-state index is 2.38. The minimum atomic E-state index is 0.209. The lowest BCUT2D eigenvalue weighted by molar-refractivity contribution is 0.621. The lowest BCUT2D eigenvalue weighted by Crippen LogP contribution is -1.99. The van der Waals surface area contributed by atoms with E-state index >= 15 is 0 Å². The van der Waals surface area contributed by atoms with Crippen molar-refractivity contribution in [3.05, 3.63) is 35.9 Å². The van der Waals surface area contributed by atoms with Crippen LogP contribution in [-0.4, -0.2) is 9.52 Å². The van der Waals surface area contributed by atoms with E-state index in [9.17, 15) is 0 Å². The molecule has 0 amide bonds. The molecular formula is C13H22Si. The number of rotatable bonds is 6. The molecule has 0 N–H and O–H groups in total. The molecule has 1 heteroatoms. The Morgan fingerprint density at radius 1 is 1.21 bits per heavy atom. The van der Waals surface area contributed by atoms with Gasteiger partial charge >= 0.3 is 0 Å². The number of benzene rings is 1. The molecule has 0 unspecified atom stereocenters. The van der Waals surface area contributed by atoms with Crippen LogP contribution >= 0.6 is 0 Å². The number of hydrogen-bond acceptors (Lipinski definition) is 0. The van der Waals surface area contributed by atoms with Crippen LogP contribution in [0.4, 0.5) is 0 Å². The van der Waals surface area contributed by atoms with Gasteiger partial charge in [0.05, 0.1) is 0 Å². The Morgan fingerprint density at radius 2 is 1.93 bits per heavy atom. The third-order valence-corrected chi connectivity index (χ3v) is 5.20. The predicted molar refractivity (Wildman–Crippen MR) is 67.8 cm³/mol. The van der Waals surface area contributed by atoms with E-state index in [1.807, 2.05) is 0 Å². The molecule has 14 heavy (non-hydrogen) atoms. The van der Waals surface area contributed by atoms with E-state index in [4.69, 9.17) is 0 Å². The molecule has 78 valence electrons. The Kier molecular flexibility index (Phi) is 5.61. The summed E-state index contributed by atoms with van der Waals surface area (Å²) < 4.78 is 0. The van der Waals surface area contributed by atoms with Gasteiger partial charge in [-0.05, 0) is 17.9 Å². The SMILES string of the molecule is CC[C@H](C)C[SiH2]CCc1ccccc1. The van der Waals surface area contributed by atoms with Gasteiger partial charge in [-0.3, -0.25) is 0 Å². The van der Waals surface area contributed by atoms with Crippen molar-refractivity contribution in [3.8, 4) is 0 Å². The Morgan fingerprint density at radius 3 is 2.57 bits per heavy atom. The Labute approximate surface area is 90.6 Å². The number of hydrogen-bond donors (Lipinski definition) is 0. The summed E-state index contributed by atoms with van der Waals surface area (Å²) in [6.45, 7) is 4.69. The van der Waals surface area contributed by atoms with Gasteiger partial charge in [0.1, 0.15) is 0 Å². The number of aryl methyl sites for hydroxylation is 1. The maximum absolute atomic E-state index is 2.38. The topological polar surface area (TPSA) is 0 Å². The zero-order valence-electron chi connectivity index (χ0n) is 9.50. The Balaban J connectivity index is 2.10. The monoisotopic (exact) mass is 206 g/mol. The minimum absolute atomic E-state index is 0.209. The van der Waals surface area contributed by atoms with Gasteiger partial charge in [-0.25, -0.2) is 0 Å². The molecule has 0 saturated heterocycles. The molecule has 0 saturated carbocycles. The van der Waals surface area contributed by atoms with Crippen molar-refractivity contribution in [1.29, 1.82) is 0 Å². The van der Waals surface area contributed by atoms with Crippen molar-refractivity contribution in [1.82, 2.24) is 0 Å². The molecule has 0 fully saturated rings. The molecule has 0 aliphatic carbocycles. The second-order valence-corrected chi connectivity index (χ2v) is 6.24. The predicted octanol–water partition coefficient (Wildman–Crippen LogP) is 3.28. The summed E-state index contributed by atoms with van der Waals surface area (Å²) in [4.78, 5) is 0. The van der Waals surface area contributed by atoms with Crippen molar-refractivity contribution in [2.24, 2.45) is 5.92 Å². The molecule has 0 bridgehead atoms. The summed E-state index contributed by atoms with van der Waals surface area (Å²) >= 11 is 0. The fourth-order valence-electron chi connectivity index (χ4n) is 1.67. The molecule has 0 aliphatic heterocycles. The smallest absolute Gasteiger partial charge is 0.0203 e. The summed E-state index contributed by atoms with van der Waals surface area (Å²) in [6.07, 6.45) is 2.67. The first kappa shape index (κ1) is 11.5. The van der Waals surface area contributed by atoms with Crippen LogP contribution in [0.25, 0.3) is 0 Å². The van der Waals surface area contributed by atoms with E-state index in [1.54, 1.807) is 0 Å². The van der Waals surface area contributed by atoms with Crippen LogP contribution in [0.3, 0.4) is 0 Å². The van der Waals surface area contributed by atoms with Gasteiger partial charge in [-0.1, -0.05) is 62.7 Å². The van der Waals surface area contributed by atoms with Gasteiger partial charge in [-0.15, -0.1) is 0 Å². The molecule has 1 aromatic carbocycles. The van der Waals surface area contributed by atoms with E-state index in [0.717, 1.165) is 5.92 Å². The molecule has 0 aliphatic rings. The van der Waals surface area contributed by atoms with E-state index in [0.29, 0.717) is 0 Å². The van der Waals surface area contributed by atoms with Gasteiger partial charge in [0.2, 0.25) is 0 Å². The molecule has 0 spiro atoms. The van der Waals surface area contributed by atoms with Crippen molar-refractivity contribution in [2.75, 3.05) is 0 Å². The summed E-state index contributed by atoms with van der Waals surface area (Å²) in [5.41, 5.74) is 1.52. The summed E-state index contributed by atoms with van der Waals surface area (Å²) in [5.74, 6) is 0.970. The van der Waals surface area contributed by atoms with Gasteiger partial charge in [-0.2, -0.15) is 0 Å². The molecule has 0 radical (unpaired) electrons. The highest BCUT2D eigenvalue weighted by Gasteiger charge is 1.98. The Bertz CT molecular complexity index is 230. The first-order valence-electron chi connectivity index (χ1n) is 5.87. The van der Waals surface area contributed by atoms with Gasteiger partial charge < -0.3 is 0 Å². The first-order chi connectivity index (χ1) is 6.83. The van der Waals surface area contributed by atoms with Crippen LogP contribution in [0.2, 0.25) is 12.1 Å². The average molecular weight is 206 g/mol. The van der Waals surface area contributed by atoms with Crippen LogP contribution < -0.4 is 0 Å². The van der Waals surface area contributed by atoms with E-state index in [-0.39, 0.29) is 9.52 Å². The van der Waals surface area contributed by atoms with Crippen LogP contribution in [0, 0.1) is 5.92 Å². The van der Waals surface area contributed by atoms with Crippen molar-refractivity contribution < 1.29 is 0 Å². The molecule has 1 atom stereocenters. The maximum Gasteiger partial charge on any atom is 0.0203 e. The zero-order valence-corrected chi connectivity index (χ0v) is 10.9. The third-order valence-electron chi connectivity index (χ3n) is 2.95. The third kappa shape index (κ3) is 4.61. The minimum Gasteiger partial charge on any atom is -0.0651 e. The molecule has 0 heterocycles. The Hall–Kier alpha value is -0.563. The van der Waals surface area contributed by atoms with Gasteiger partial charge in [0, 0.05) is 9.52 Å². The van der Waals surface area contributed by atoms with Gasteiger partial charge in [0.15, 0.2) is 0 Å². The fraction of sp³-hybridized carbons (Fsp3) is 0.538. The average Bonchev–Trinajstić information content (AvgIpc) is 2.25. The second-order valence-electron chi connectivity index (χ2n) is 4.24. The van der Waals surface area contributed by atoms with Crippen LogP contribution in [0.1, 0.15) is 25.8 Å².